The SMILES string of the molecule is Cc1ccc(NC/C=C/CCl)c(Cl)c1. The molecule has 1 aromatic rings. The number of allylic oxidation sites excluding steroid dienone is 1. The number of alkyl halides is 1. The molecule has 0 amide bonds. The molecule has 0 aromatic heterocycles. The minimum Gasteiger partial charge on any atom is -0.380 e. The fourth-order valence-electron chi connectivity index (χ4n) is 1.08. The average Bonchev–Trinajstić information content (AvgIpc) is 2.15. The zero-order valence-corrected chi connectivity index (χ0v) is 9.57. The number of hydrogen-bond donors (Lipinski definition) is 1. The monoisotopic (exact) mass is 229 g/mol. The Labute approximate surface area is 94.7 Å². The molecule has 0 atom stereocenters. The van der Waals surface area contributed by atoms with Crippen molar-refractivity contribution in [3.05, 3.63) is 40.9 Å². The highest BCUT2D eigenvalue weighted by Gasteiger charge is 1.97. The van der Waals surface area contributed by atoms with E-state index in [1.165, 1.54) is 0 Å². The highest BCUT2D eigenvalue weighted by Crippen LogP contribution is 2.22. The van der Waals surface area contributed by atoms with Crippen molar-refractivity contribution in [2.75, 3.05) is 17.7 Å². The average molecular weight is 230 g/mol. The van der Waals surface area contributed by atoms with Crippen LogP contribution in [0.25, 0.3) is 0 Å². The van der Waals surface area contributed by atoms with E-state index in [2.05, 4.69) is 5.32 Å². The first-order chi connectivity index (χ1) is 6.74. The summed E-state index contributed by atoms with van der Waals surface area (Å²) in [4.78, 5) is 0. The Kier molecular flexibility index (Phi) is 4.85. The van der Waals surface area contributed by atoms with Crippen molar-refractivity contribution in [1.29, 1.82) is 0 Å². The minimum absolute atomic E-state index is 0.545. The second-order valence-corrected chi connectivity index (χ2v) is 3.71. The van der Waals surface area contributed by atoms with E-state index in [4.69, 9.17) is 23.2 Å². The van der Waals surface area contributed by atoms with Gasteiger partial charge in [0.2, 0.25) is 0 Å². The van der Waals surface area contributed by atoms with Crippen LogP contribution in [0, 0.1) is 6.92 Å². The van der Waals surface area contributed by atoms with Crippen LogP contribution < -0.4 is 5.32 Å². The van der Waals surface area contributed by atoms with Gasteiger partial charge in [-0.05, 0) is 24.6 Å². The van der Waals surface area contributed by atoms with E-state index in [0.717, 1.165) is 22.8 Å². The molecule has 3 heteroatoms. The van der Waals surface area contributed by atoms with E-state index < -0.39 is 0 Å². The van der Waals surface area contributed by atoms with Gasteiger partial charge >= 0.3 is 0 Å². The third kappa shape index (κ3) is 3.60. The molecule has 0 saturated heterocycles. The molecular weight excluding hydrogens is 217 g/mol. The molecule has 0 unspecified atom stereocenters. The maximum absolute atomic E-state index is 6.03. The number of aryl methyl sites for hydroxylation is 1. The van der Waals surface area contributed by atoms with Gasteiger partial charge in [0.05, 0.1) is 10.7 Å². The molecule has 1 rings (SSSR count). The van der Waals surface area contributed by atoms with Gasteiger partial charge in [-0.1, -0.05) is 29.8 Å². The summed E-state index contributed by atoms with van der Waals surface area (Å²) >= 11 is 11.5. The largest absolute Gasteiger partial charge is 0.380 e. The minimum atomic E-state index is 0.545. The van der Waals surface area contributed by atoms with Gasteiger partial charge in [-0.2, -0.15) is 0 Å². The number of nitrogens with one attached hydrogen (secondary N) is 1. The molecule has 0 bridgehead atoms. The Morgan fingerprint density at radius 1 is 1.36 bits per heavy atom. The first-order valence-corrected chi connectivity index (χ1v) is 5.36. The molecule has 0 radical (unpaired) electrons. The Balaban J connectivity index is 2.55. The van der Waals surface area contributed by atoms with Crippen molar-refractivity contribution in [3.63, 3.8) is 0 Å². The lowest BCUT2D eigenvalue weighted by atomic mass is 10.2. The van der Waals surface area contributed by atoms with Crippen LogP contribution in [-0.2, 0) is 0 Å². The molecule has 0 aliphatic rings. The predicted molar refractivity (Wildman–Crippen MR) is 64.5 cm³/mol. The molecule has 1 aromatic carbocycles. The maximum Gasteiger partial charge on any atom is 0.0640 e. The molecule has 0 saturated carbocycles. The number of hydrogen-bond acceptors (Lipinski definition) is 1. The number of rotatable bonds is 4. The molecule has 0 aliphatic carbocycles. The Bertz CT molecular complexity index is 321. The fraction of sp³-hybridized carbons (Fsp3) is 0.273. The van der Waals surface area contributed by atoms with E-state index in [0.29, 0.717) is 5.88 Å². The molecular formula is C11H13Cl2N. The van der Waals surface area contributed by atoms with Crippen LogP contribution in [0.15, 0.2) is 30.4 Å². The Morgan fingerprint density at radius 3 is 2.79 bits per heavy atom. The topological polar surface area (TPSA) is 12.0 Å². The van der Waals surface area contributed by atoms with Crippen LogP contribution in [0.1, 0.15) is 5.56 Å². The third-order valence-corrected chi connectivity index (χ3v) is 2.28. The second-order valence-electron chi connectivity index (χ2n) is 2.99. The first kappa shape index (κ1) is 11.4. The van der Waals surface area contributed by atoms with Crippen LogP contribution in [0.3, 0.4) is 0 Å². The van der Waals surface area contributed by atoms with Gasteiger partial charge in [0.1, 0.15) is 0 Å². The summed E-state index contributed by atoms with van der Waals surface area (Å²) in [6, 6.07) is 5.95. The van der Waals surface area contributed by atoms with Crippen LogP contribution in [-0.4, -0.2) is 12.4 Å². The molecule has 14 heavy (non-hydrogen) atoms. The van der Waals surface area contributed by atoms with E-state index in [9.17, 15) is 0 Å². The van der Waals surface area contributed by atoms with Gasteiger partial charge in [0.25, 0.3) is 0 Å². The number of benzene rings is 1. The summed E-state index contributed by atoms with van der Waals surface area (Å²) in [7, 11) is 0. The molecule has 76 valence electrons. The normalized spacial score (nSPS) is 10.8. The molecule has 0 fully saturated rings. The quantitative estimate of drug-likeness (QED) is 0.611. The number of anilines is 1. The summed E-state index contributed by atoms with van der Waals surface area (Å²) in [5.74, 6) is 0.545. The van der Waals surface area contributed by atoms with Crippen molar-refractivity contribution in [3.8, 4) is 0 Å². The van der Waals surface area contributed by atoms with Crippen molar-refractivity contribution in [1.82, 2.24) is 0 Å². The first-order valence-electron chi connectivity index (χ1n) is 4.45. The Morgan fingerprint density at radius 2 is 2.14 bits per heavy atom. The van der Waals surface area contributed by atoms with Crippen LogP contribution in [0.4, 0.5) is 5.69 Å². The molecule has 0 heterocycles. The van der Waals surface area contributed by atoms with E-state index in [-0.39, 0.29) is 0 Å². The highest BCUT2D eigenvalue weighted by molar-refractivity contribution is 6.33. The fourth-order valence-corrected chi connectivity index (χ4v) is 1.51. The molecule has 1 nitrogen and oxygen atoms in total. The predicted octanol–water partition coefficient (Wildman–Crippen LogP) is 3.86. The van der Waals surface area contributed by atoms with Crippen molar-refractivity contribution >= 4 is 28.9 Å². The standard InChI is InChI=1S/C11H13Cl2N/c1-9-4-5-11(10(13)8-9)14-7-3-2-6-12/h2-5,8,14H,6-7H2,1H3/b3-2+. The van der Waals surface area contributed by atoms with Gasteiger partial charge in [-0.25, -0.2) is 0 Å². The summed E-state index contributed by atoms with van der Waals surface area (Å²) in [5, 5.41) is 3.95. The molecule has 0 aliphatic heterocycles. The van der Waals surface area contributed by atoms with E-state index in [1.54, 1.807) is 0 Å². The van der Waals surface area contributed by atoms with Gasteiger partial charge < -0.3 is 5.32 Å². The van der Waals surface area contributed by atoms with Crippen LogP contribution in [0.5, 0.6) is 0 Å². The molecule has 0 spiro atoms. The molecule has 1 N–H and O–H groups in total. The smallest absolute Gasteiger partial charge is 0.0640 e. The van der Waals surface area contributed by atoms with Crippen molar-refractivity contribution in [2.45, 2.75) is 6.92 Å². The van der Waals surface area contributed by atoms with E-state index >= 15 is 0 Å². The third-order valence-electron chi connectivity index (χ3n) is 1.79. The van der Waals surface area contributed by atoms with E-state index in [1.807, 2.05) is 37.3 Å². The van der Waals surface area contributed by atoms with Crippen LogP contribution >= 0.6 is 23.2 Å². The summed E-state index contributed by atoms with van der Waals surface area (Å²) in [6.45, 7) is 2.76. The maximum atomic E-state index is 6.03. The lowest BCUT2D eigenvalue weighted by molar-refractivity contribution is 1.32. The zero-order valence-electron chi connectivity index (χ0n) is 8.06. The van der Waals surface area contributed by atoms with Gasteiger partial charge in [0.15, 0.2) is 0 Å². The lowest BCUT2D eigenvalue weighted by Gasteiger charge is -2.06. The van der Waals surface area contributed by atoms with Crippen molar-refractivity contribution < 1.29 is 0 Å². The summed E-state index contributed by atoms with van der Waals surface area (Å²) < 4.78 is 0. The van der Waals surface area contributed by atoms with Gasteiger partial charge in [0, 0.05) is 12.4 Å². The lowest BCUT2D eigenvalue weighted by Crippen LogP contribution is -1.98. The van der Waals surface area contributed by atoms with Crippen LogP contribution in [0.2, 0.25) is 5.02 Å². The van der Waals surface area contributed by atoms with Crippen molar-refractivity contribution in [2.24, 2.45) is 0 Å². The Hall–Kier alpha value is -0.660. The second kappa shape index (κ2) is 5.94. The summed E-state index contributed by atoms with van der Waals surface area (Å²) in [6.07, 6.45) is 3.87. The van der Waals surface area contributed by atoms with Gasteiger partial charge in [-0.15, -0.1) is 11.6 Å². The zero-order chi connectivity index (χ0) is 10.4. The number of halogens is 2. The van der Waals surface area contributed by atoms with Gasteiger partial charge in [-0.3, -0.25) is 0 Å². The summed E-state index contributed by atoms with van der Waals surface area (Å²) in [5.41, 5.74) is 2.12. The highest BCUT2D eigenvalue weighted by atomic mass is 35.5.